The van der Waals surface area contributed by atoms with Crippen LogP contribution in [0.3, 0.4) is 0 Å². The maximum absolute atomic E-state index is 13.3. The summed E-state index contributed by atoms with van der Waals surface area (Å²) in [5.74, 6) is -0.706. The molecule has 0 unspecified atom stereocenters. The Hall–Kier alpha value is -3.55. The number of non-ortho nitro benzene ring substituents is 1. The molecule has 3 heterocycles. The average molecular weight is 392 g/mol. The van der Waals surface area contributed by atoms with Crippen molar-refractivity contribution in [2.45, 2.75) is 25.8 Å². The molecule has 8 heteroatoms. The number of pyridine rings is 1. The van der Waals surface area contributed by atoms with E-state index in [1.54, 1.807) is 18.5 Å². The molecule has 0 atom stereocenters. The van der Waals surface area contributed by atoms with Gasteiger partial charge in [0.05, 0.1) is 17.0 Å². The van der Waals surface area contributed by atoms with Gasteiger partial charge in [0.1, 0.15) is 5.70 Å². The maximum Gasteiger partial charge on any atom is 0.278 e. The molecule has 2 aliphatic heterocycles. The van der Waals surface area contributed by atoms with Gasteiger partial charge in [-0.05, 0) is 48.6 Å². The van der Waals surface area contributed by atoms with Crippen LogP contribution in [0, 0.1) is 10.1 Å². The van der Waals surface area contributed by atoms with E-state index in [0.29, 0.717) is 29.9 Å². The minimum absolute atomic E-state index is 0.0575. The lowest BCUT2D eigenvalue weighted by atomic mass is 10.0. The summed E-state index contributed by atoms with van der Waals surface area (Å²) in [7, 11) is 0. The number of hydrogen-bond donors (Lipinski definition) is 0. The Morgan fingerprint density at radius 3 is 2.34 bits per heavy atom. The summed E-state index contributed by atoms with van der Waals surface area (Å²) in [5.41, 5.74) is 1.93. The van der Waals surface area contributed by atoms with Crippen LogP contribution < -0.4 is 0 Å². The second-order valence-corrected chi connectivity index (χ2v) is 7.13. The van der Waals surface area contributed by atoms with Gasteiger partial charge in [-0.2, -0.15) is 0 Å². The molecule has 4 rings (SSSR count). The zero-order valence-electron chi connectivity index (χ0n) is 15.8. The number of nitro groups is 1. The van der Waals surface area contributed by atoms with Gasteiger partial charge in [0.25, 0.3) is 17.5 Å². The highest BCUT2D eigenvalue weighted by molar-refractivity contribution is 6.35. The van der Waals surface area contributed by atoms with Crippen molar-refractivity contribution in [2.75, 3.05) is 13.1 Å². The highest BCUT2D eigenvalue weighted by Crippen LogP contribution is 2.34. The Morgan fingerprint density at radius 2 is 1.72 bits per heavy atom. The molecule has 1 aromatic carbocycles. The molecule has 0 N–H and O–H groups in total. The van der Waals surface area contributed by atoms with E-state index in [1.807, 2.05) is 11.0 Å². The third-order valence-corrected chi connectivity index (χ3v) is 5.25. The van der Waals surface area contributed by atoms with E-state index in [2.05, 4.69) is 4.98 Å². The first-order valence-corrected chi connectivity index (χ1v) is 9.55. The van der Waals surface area contributed by atoms with Gasteiger partial charge in [-0.25, -0.2) is 0 Å². The molecule has 0 saturated carbocycles. The lowest BCUT2D eigenvalue weighted by Gasteiger charge is -2.29. The molecule has 1 saturated heterocycles. The van der Waals surface area contributed by atoms with Gasteiger partial charge in [-0.1, -0.05) is 6.07 Å². The van der Waals surface area contributed by atoms with Gasteiger partial charge in [0.15, 0.2) is 0 Å². The number of carbonyl (C=O) groups is 2. The van der Waals surface area contributed by atoms with Crippen molar-refractivity contribution in [3.63, 3.8) is 0 Å². The fourth-order valence-corrected chi connectivity index (χ4v) is 3.80. The number of nitrogens with zero attached hydrogens (tertiary/aromatic N) is 4. The Bertz CT molecular complexity index is 980. The number of likely N-dealkylation sites (tertiary alicyclic amines) is 1. The minimum atomic E-state index is -0.486. The van der Waals surface area contributed by atoms with Gasteiger partial charge >= 0.3 is 0 Å². The molecular formula is C21H20N4O4. The summed E-state index contributed by atoms with van der Waals surface area (Å²) < 4.78 is 0. The van der Waals surface area contributed by atoms with E-state index < -0.39 is 4.92 Å². The maximum atomic E-state index is 13.3. The number of imide groups is 1. The van der Waals surface area contributed by atoms with Crippen LogP contribution in [0.1, 0.15) is 30.4 Å². The van der Waals surface area contributed by atoms with Crippen LogP contribution >= 0.6 is 0 Å². The molecule has 0 bridgehead atoms. The van der Waals surface area contributed by atoms with Gasteiger partial charge in [0.2, 0.25) is 0 Å². The smallest absolute Gasteiger partial charge is 0.278 e. The van der Waals surface area contributed by atoms with E-state index in [4.69, 9.17) is 0 Å². The molecule has 29 heavy (non-hydrogen) atoms. The summed E-state index contributed by atoms with van der Waals surface area (Å²) in [6.07, 6.45) is 6.28. The number of aromatic nitrogens is 1. The summed E-state index contributed by atoms with van der Waals surface area (Å²) in [4.78, 5) is 44.3. The first kappa shape index (κ1) is 18.8. The van der Waals surface area contributed by atoms with Gasteiger partial charge in [-0.15, -0.1) is 0 Å². The fraction of sp³-hybridized carbons (Fsp3) is 0.286. The van der Waals surface area contributed by atoms with Crippen LogP contribution in [0.25, 0.3) is 5.57 Å². The van der Waals surface area contributed by atoms with E-state index in [1.165, 1.54) is 29.2 Å². The van der Waals surface area contributed by atoms with Crippen LogP contribution in [0.4, 0.5) is 5.69 Å². The van der Waals surface area contributed by atoms with E-state index in [9.17, 15) is 19.7 Å². The first-order chi connectivity index (χ1) is 14.1. The van der Waals surface area contributed by atoms with Crippen LogP contribution in [0.5, 0.6) is 0 Å². The van der Waals surface area contributed by atoms with Gasteiger partial charge in [-0.3, -0.25) is 29.6 Å². The molecule has 2 aliphatic rings. The van der Waals surface area contributed by atoms with E-state index in [0.717, 1.165) is 24.8 Å². The first-order valence-electron chi connectivity index (χ1n) is 9.55. The second-order valence-electron chi connectivity index (χ2n) is 7.13. The molecule has 0 radical (unpaired) electrons. The topological polar surface area (TPSA) is 96.6 Å². The Morgan fingerprint density at radius 1 is 1.00 bits per heavy atom. The summed E-state index contributed by atoms with van der Waals surface area (Å²) in [6, 6.07) is 9.37. The number of rotatable bonds is 5. The molecule has 0 aliphatic carbocycles. The fourth-order valence-electron chi connectivity index (χ4n) is 3.80. The average Bonchev–Trinajstić information content (AvgIpc) is 3.00. The Balaban J connectivity index is 1.73. The number of amides is 2. The van der Waals surface area contributed by atoms with Crippen molar-refractivity contribution in [1.82, 2.24) is 14.8 Å². The van der Waals surface area contributed by atoms with Crippen LogP contribution in [-0.4, -0.2) is 44.6 Å². The molecule has 148 valence electrons. The van der Waals surface area contributed by atoms with Crippen molar-refractivity contribution in [3.8, 4) is 0 Å². The highest BCUT2D eigenvalue weighted by Gasteiger charge is 2.41. The zero-order chi connectivity index (χ0) is 20.4. The SMILES string of the molecule is O=C1C(c2ccc([N+](=O)[O-])cc2)=C(N2CCCCC2)C(=O)N1Cc1cccnc1. The van der Waals surface area contributed by atoms with Crippen LogP contribution in [0.15, 0.2) is 54.5 Å². The van der Waals surface area contributed by atoms with Gasteiger partial charge < -0.3 is 4.90 Å². The van der Waals surface area contributed by atoms with Crippen molar-refractivity contribution in [1.29, 1.82) is 0 Å². The molecule has 0 spiro atoms. The molecule has 1 aromatic heterocycles. The minimum Gasteiger partial charge on any atom is -0.366 e. The Kier molecular flexibility index (Phi) is 5.07. The third-order valence-electron chi connectivity index (χ3n) is 5.25. The van der Waals surface area contributed by atoms with Crippen LogP contribution in [-0.2, 0) is 16.1 Å². The Labute approximate surface area is 167 Å². The lowest BCUT2D eigenvalue weighted by Crippen LogP contribution is -2.36. The predicted octanol–water partition coefficient (Wildman–Crippen LogP) is 2.76. The van der Waals surface area contributed by atoms with E-state index >= 15 is 0 Å². The number of hydrogen-bond acceptors (Lipinski definition) is 6. The second kappa shape index (κ2) is 7.83. The standard InChI is InChI=1S/C21H20N4O4/c26-20-18(16-6-8-17(9-7-16)25(28)29)19(23-11-2-1-3-12-23)21(27)24(20)14-15-5-4-10-22-13-15/h4-10,13H,1-3,11-12,14H2. The summed E-state index contributed by atoms with van der Waals surface area (Å²) >= 11 is 0. The highest BCUT2D eigenvalue weighted by atomic mass is 16.6. The normalized spacial score (nSPS) is 17.2. The summed E-state index contributed by atoms with van der Waals surface area (Å²) in [5, 5.41) is 11.0. The van der Waals surface area contributed by atoms with Crippen LogP contribution in [0.2, 0.25) is 0 Å². The largest absolute Gasteiger partial charge is 0.366 e. The summed E-state index contributed by atoms with van der Waals surface area (Å²) in [6.45, 7) is 1.57. The van der Waals surface area contributed by atoms with Gasteiger partial charge in [0, 0.05) is 37.6 Å². The van der Waals surface area contributed by atoms with Crippen molar-refractivity contribution in [2.24, 2.45) is 0 Å². The quantitative estimate of drug-likeness (QED) is 0.441. The number of nitro benzene ring substituents is 1. The molecule has 1 fully saturated rings. The molecular weight excluding hydrogens is 372 g/mol. The molecule has 2 aromatic rings. The number of benzene rings is 1. The zero-order valence-corrected chi connectivity index (χ0v) is 15.8. The van der Waals surface area contributed by atoms with E-state index in [-0.39, 0.29) is 24.0 Å². The molecule has 8 nitrogen and oxygen atoms in total. The van der Waals surface area contributed by atoms with Crippen molar-refractivity contribution < 1.29 is 14.5 Å². The van der Waals surface area contributed by atoms with Crippen molar-refractivity contribution >= 4 is 23.1 Å². The third kappa shape index (κ3) is 3.61. The monoisotopic (exact) mass is 392 g/mol. The lowest BCUT2D eigenvalue weighted by molar-refractivity contribution is -0.384. The number of carbonyl (C=O) groups excluding carboxylic acids is 2. The molecule has 2 amide bonds. The predicted molar refractivity (Wildman–Crippen MR) is 105 cm³/mol. The van der Waals surface area contributed by atoms with Crippen molar-refractivity contribution in [3.05, 3.63) is 75.7 Å². The number of piperidine rings is 1.